The molecular formula is C18H22N4O4. The summed E-state index contributed by atoms with van der Waals surface area (Å²) >= 11 is 0. The Morgan fingerprint density at radius 1 is 1.19 bits per heavy atom. The molecule has 0 saturated carbocycles. The number of aromatic amines is 1. The van der Waals surface area contributed by atoms with Crippen LogP contribution >= 0.6 is 0 Å². The summed E-state index contributed by atoms with van der Waals surface area (Å²) in [6.07, 6.45) is 2.75. The van der Waals surface area contributed by atoms with Crippen molar-refractivity contribution in [2.24, 2.45) is 0 Å². The number of rotatable bonds is 4. The second-order valence-corrected chi connectivity index (χ2v) is 6.84. The molecule has 1 fully saturated rings. The third-order valence-electron chi connectivity index (χ3n) is 5.32. The van der Waals surface area contributed by atoms with Gasteiger partial charge in [0.1, 0.15) is 17.3 Å². The fourth-order valence-corrected chi connectivity index (χ4v) is 4.10. The van der Waals surface area contributed by atoms with Crippen LogP contribution in [0.3, 0.4) is 0 Å². The van der Waals surface area contributed by atoms with Crippen LogP contribution in [0.2, 0.25) is 0 Å². The van der Waals surface area contributed by atoms with Gasteiger partial charge in [-0.25, -0.2) is 9.89 Å². The molecule has 3 heterocycles. The van der Waals surface area contributed by atoms with Crippen molar-refractivity contribution in [3.63, 3.8) is 0 Å². The van der Waals surface area contributed by atoms with Gasteiger partial charge in [-0.05, 0) is 30.5 Å². The van der Waals surface area contributed by atoms with Gasteiger partial charge in [-0.2, -0.15) is 5.10 Å². The number of H-pyrrole nitrogens is 1. The molecule has 0 radical (unpaired) electrons. The monoisotopic (exact) mass is 358 g/mol. The van der Waals surface area contributed by atoms with Crippen LogP contribution in [0.5, 0.6) is 11.5 Å². The highest BCUT2D eigenvalue weighted by Gasteiger charge is 2.40. The summed E-state index contributed by atoms with van der Waals surface area (Å²) in [4.78, 5) is 26.9. The van der Waals surface area contributed by atoms with Crippen LogP contribution < -0.4 is 15.2 Å². The first-order chi connectivity index (χ1) is 12.6. The summed E-state index contributed by atoms with van der Waals surface area (Å²) in [6.45, 7) is 0.508. The van der Waals surface area contributed by atoms with Crippen molar-refractivity contribution in [3.8, 4) is 11.5 Å². The third kappa shape index (κ3) is 2.85. The fourth-order valence-electron chi connectivity index (χ4n) is 4.10. The van der Waals surface area contributed by atoms with Crippen molar-refractivity contribution >= 4 is 5.91 Å². The normalized spacial score (nSPS) is 21.2. The van der Waals surface area contributed by atoms with E-state index in [0.29, 0.717) is 24.5 Å². The number of nitrogens with one attached hydrogen (secondary N) is 1. The van der Waals surface area contributed by atoms with Crippen LogP contribution in [0.4, 0.5) is 0 Å². The molecule has 2 aromatic rings. The van der Waals surface area contributed by atoms with Gasteiger partial charge in [0.05, 0.1) is 26.7 Å². The van der Waals surface area contributed by atoms with Gasteiger partial charge >= 0.3 is 5.69 Å². The minimum Gasteiger partial charge on any atom is -0.497 e. The molecule has 8 heteroatoms. The van der Waals surface area contributed by atoms with Gasteiger partial charge in [-0.15, -0.1) is 0 Å². The molecule has 1 aromatic heterocycles. The SMILES string of the molecule is COc1cc(CC(=O)N2C3CCC2Cn2c(n[nH]c2=O)C3)cc(OC)c1. The lowest BCUT2D eigenvalue weighted by Gasteiger charge is -2.28. The number of benzene rings is 1. The highest BCUT2D eigenvalue weighted by atomic mass is 16.5. The summed E-state index contributed by atoms with van der Waals surface area (Å²) in [5.74, 6) is 2.13. The van der Waals surface area contributed by atoms with Crippen LogP contribution in [-0.4, -0.2) is 51.9 Å². The molecule has 1 N–H and O–H groups in total. The molecule has 2 atom stereocenters. The number of nitrogens with zero attached hydrogens (tertiary/aromatic N) is 3. The average molecular weight is 358 g/mol. The first-order valence-corrected chi connectivity index (χ1v) is 8.76. The maximum atomic E-state index is 13.1. The van der Waals surface area contributed by atoms with E-state index < -0.39 is 0 Å². The zero-order valence-electron chi connectivity index (χ0n) is 14.9. The average Bonchev–Trinajstić information content (AvgIpc) is 3.13. The standard InChI is InChI=1S/C18H22N4O4/c1-25-14-5-11(6-15(9-14)26-2)7-17(23)22-12-3-4-13(22)10-21-16(8-12)19-20-18(21)24/h5-6,9,12-13H,3-4,7-8,10H2,1-2H3,(H,20,24). The maximum absolute atomic E-state index is 13.1. The minimum absolute atomic E-state index is 0.0385. The molecule has 2 aliphatic heterocycles. The molecule has 1 saturated heterocycles. The Balaban J connectivity index is 1.57. The van der Waals surface area contributed by atoms with Crippen molar-refractivity contribution in [2.75, 3.05) is 14.2 Å². The van der Waals surface area contributed by atoms with Gasteiger partial charge in [0.25, 0.3) is 0 Å². The van der Waals surface area contributed by atoms with Crippen molar-refractivity contribution in [1.29, 1.82) is 0 Å². The summed E-state index contributed by atoms with van der Waals surface area (Å²) in [5, 5.41) is 6.62. The number of aromatic nitrogens is 3. The van der Waals surface area contributed by atoms with E-state index in [2.05, 4.69) is 10.2 Å². The molecule has 1 amide bonds. The molecule has 138 valence electrons. The van der Waals surface area contributed by atoms with E-state index in [-0.39, 0.29) is 30.1 Å². The van der Waals surface area contributed by atoms with E-state index in [0.717, 1.165) is 24.2 Å². The molecular weight excluding hydrogens is 336 g/mol. The quantitative estimate of drug-likeness (QED) is 0.871. The molecule has 0 spiro atoms. The van der Waals surface area contributed by atoms with E-state index in [4.69, 9.17) is 9.47 Å². The van der Waals surface area contributed by atoms with Crippen LogP contribution in [0, 0.1) is 0 Å². The zero-order valence-corrected chi connectivity index (χ0v) is 14.9. The van der Waals surface area contributed by atoms with Gasteiger partial charge in [-0.3, -0.25) is 9.36 Å². The van der Waals surface area contributed by atoms with Crippen LogP contribution in [0.25, 0.3) is 0 Å². The smallest absolute Gasteiger partial charge is 0.343 e. The van der Waals surface area contributed by atoms with Crippen molar-refractivity contribution in [1.82, 2.24) is 19.7 Å². The number of carbonyl (C=O) groups excluding carboxylic acids is 1. The van der Waals surface area contributed by atoms with E-state index in [1.807, 2.05) is 17.0 Å². The fraction of sp³-hybridized carbons (Fsp3) is 0.500. The molecule has 4 rings (SSSR count). The lowest BCUT2D eigenvalue weighted by molar-refractivity contribution is -0.133. The highest BCUT2D eigenvalue weighted by Crippen LogP contribution is 2.31. The van der Waals surface area contributed by atoms with Crippen molar-refractivity contribution in [3.05, 3.63) is 40.1 Å². The van der Waals surface area contributed by atoms with Crippen LogP contribution in [-0.2, 0) is 24.2 Å². The van der Waals surface area contributed by atoms with Crippen LogP contribution in [0.15, 0.2) is 23.0 Å². The van der Waals surface area contributed by atoms with Gasteiger partial charge in [0.2, 0.25) is 5.91 Å². The predicted molar refractivity (Wildman–Crippen MR) is 93.5 cm³/mol. The highest BCUT2D eigenvalue weighted by molar-refractivity contribution is 5.80. The predicted octanol–water partition coefficient (Wildman–Crippen LogP) is 0.747. The Labute approximate surface area is 150 Å². The van der Waals surface area contributed by atoms with Gasteiger partial charge < -0.3 is 14.4 Å². The number of ether oxygens (including phenoxy) is 2. The third-order valence-corrected chi connectivity index (χ3v) is 5.32. The molecule has 8 nitrogen and oxygen atoms in total. The summed E-state index contributed by atoms with van der Waals surface area (Å²) in [6, 6.07) is 5.63. The van der Waals surface area contributed by atoms with Gasteiger partial charge in [0, 0.05) is 25.1 Å². The molecule has 2 bridgehead atoms. The summed E-state index contributed by atoms with van der Waals surface area (Å²) in [5.41, 5.74) is 0.655. The molecule has 26 heavy (non-hydrogen) atoms. The number of fused-ring (bicyclic) bond motifs is 3. The second kappa shape index (κ2) is 6.51. The lowest BCUT2D eigenvalue weighted by atomic mass is 10.1. The van der Waals surface area contributed by atoms with Crippen molar-refractivity contribution < 1.29 is 14.3 Å². The Bertz CT molecular complexity index is 865. The lowest BCUT2D eigenvalue weighted by Crippen LogP contribution is -2.43. The first-order valence-electron chi connectivity index (χ1n) is 8.76. The molecule has 2 aliphatic rings. The minimum atomic E-state index is -0.197. The van der Waals surface area contributed by atoms with E-state index >= 15 is 0 Å². The number of hydrogen-bond acceptors (Lipinski definition) is 5. The number of hydrogen-bond donors (Lipinski definition) is 1. The Hall–Kier alpha value is -2.77. The summed E-state index contributed by atoms with van der Waals surface area (Å²) in [7, 11) is 3.18. The summed E-state index contributed by atoms with van der Waals surface area (Å²) < 4.78 is 12.2. The van der Waals surface area contributed by atoms with Crippen LogP contribution in [0.1, 0.15) is 24.2 Å². The van der Waals surface area contributed by atoms with E-state index in [1.165, 1.54) is 0 Å². The van der Waals surface area contributed by atoms with E-state index in [1.54, 1.807) is 24.9 Å². The molecule has 2 unspecified atom stereocenters. The molecule has 1 aromatic carbocycles. The first kappa shape index (κ1) is 16.7. The van der Waals surface area contributed by atoms with Gasteiger partial charge in [0.15, 0.2) is 0 Å². The second-order valence-electron chi connectivity index (χ2n) is 6.84. The topological polar surface area (TPSA) is 89.5 Å². The Morgan fingerprint density at radius 3 is 2.58 bits per heavy atom. The Kier molecular flexibility index (Phi) is 4.18. The Morgan fingerprint density at radius 2 is 1.88 bits per heavy atom. The largest absolute Gasteiger partial charge is 0.497 e. The number of methoxy groups -OCH3 is 2. The zero-order chi connectivity index (χ0) is 18.3. The van der Waals surface area contributed by atoms with Gasteiger partial charge in [-0.1, -0.05) is 0 Å². The maximum Gasteiger partial charge on any atom is 0.343 e. The number of carbonyl (C=O) groups is 1. The number of amides is 1. The molecule has 0 aliphatic carbocycles. The van der Waals surface area contributed by atoms with E-state index in [9.17, 15) is 9.59 Å². The van der Waals surface area contributed by atoms with Crippen molar-refractivity contribution in [2.45, 2.75) is 44.3 Å².